The number of thiocarbonyl (C=S) groups is 1. The Hall–Kier alpha value is -4.14. The summed E-state index contributed by atoms with van der Waals surface area (Å²) in [6, 6.07) is 31.8. The summed E-state index contributed by atoms with van der Waals surface area (Å²) in [7, 11) is 0. The molecule has 6 nitrogen and oxygen atoms in total. The first-order valence-corrected chi connectivity index (χ1v) is 12.8. The number of para-hydroxylation sites is 1. The number of primary amides is 1. The fraction of sp³-hybridized carbons (Fsp3) is 0.0690. The number of nitrogens with two attached hydrogens (primary N) is 1. The third kappa shape index (κ3) is 7.19. The van der Waals surface area contributed by atoms with E-state index >= 15 is 0 Å². The molecule has 37 heavy (non-hydrogen) atoms. The van der Waals surface area contributed by atoms with Crippen molar-refractivity contribution in [2.75, 3.05) is 16.0 Å². The Bertz CT molecular complexity index is 1410. The Kier molecular flexibility index (Phi) is 8.56. The number of amides is 2. The van der Waals surface area contributed by atoms with Crippen molar-refractivity contribution in [3.63, 3.8) is 0 Å². The number of carbonyl (C=O) groups is 2. The maximum absolute atomic E-state index is 13.5. The highest BCUT2D eigenvalue weighted by Gasteiger charge is 2.23. The molecule has 1 unspecified atom stereocenters. The summed E-state index contributed by atoms with van der Waals surface area (Å²) in [4.78, 5) is 26.2. The Labute approximate surface area is 225 Å². The standard InChI is InChI=1S/C29H26N4O2S2/c1-19-14-16-21(17-15-19)31-29(36)32-22-10-7-11-23(18-22)37-26(20-8-3-2-4-9-20)28(35)33-25-13-6-5-12-24(25)27(30)34/h2-18,26H,1H3,(H2,30,34)(H,33,35)(H2,31,32,36). The molecule has 4 aromatic carbocycles. The highest BCUT2D eigenvalue weighted by Crippen LogP contribution is 2.37. The molecule has 0 bridgehead atoms. The summed E-state index contributed by atoms with van der Waals surface area (Å²) in [5, 5.41) is 9.15. The Balaban J connectivity index is 1.52. The van der Waals surface area contributed by atoms with E-state index in [9.17, 15) is 9.59 Å². The lowest BCUT2D eigenvalue weighted by molar-refractivity contribution is -0.115. The summed E-state index contributed by atoms with van der Waals surface area (Å²) in [5.74, 6) is -0.867. The molecule has 0 aliphatic carbocycles. The quantitative estimate of drug-likeness (QED) is 0.157. The third-order valence-corrected chi connectivity index (χ3v) is 6.90. The Morgan fingerprint density at radius 2 is 1.46 bits per heavy atom. The van der Waals surface area contributed by atoms with Crippen LogP contribution in [0.25, 0.3) is 0 Å². The van der Waals surface area contributed by atoms with E-state index in [0.717, 1.165) is 21.8 Å². The smallest absolute Gasteiger partial charge is 0.250 e. The van der Waals surface area contributed by atoms with E-state index in [4.69, 9.17) is 18.0 Å². The van der Waals surface area contributed by atoms with E-state index in [2.05, 4.69) is 16.0 Å². The molecule has 0 radical (unpaired) electrons. The molecule has 4 aromatic rings. The highest BCUT2D eigenvalue weighted by molar-refractivity contribution is 8.00. The van der Waals surface area contributed by atoms with E-state index in [0.29, 0.717) is 10.8 Å². The summed E-state index contributed by atoms with van der Waals surface area (Å²) < 4.78 is 0. The van der Waals surface area contributed by atoms with Crippen molar-refractivity contribution in [1.29, 1.82) is 0 Å². The summed E-state index contributed by atoms with van der Waals surface area (Å²) in [6.07, 6.45) is 0. The molecule has 2 amide bonds. The number of nitrogens with one attached hydrogen (secondary N) is 3. The van der Waals surface area contributed by atoms with E-state index in [1.165, 1.54) is 17.3 Å². The van der Waals surface area contributed by atoms with E-state index in [1.54, 1.807) is 24.3 Å². The second-order valence-electron chi connectivity index (χ2n) is 8.28. The summed E-state index contributed by atoms with van der Waals surface area (Å²) >= 11 is 6.87. The molecule has 0 aliphatic rings. The minimum Gasteiger partial charge on any atom is -0.366 e. The van der Waals surface area contributed by atoms with Crippen molar-refractivity contribution in [3.05, 3.63) is 120 Å². The topological polar surface area (TPSA) is 96.2 Å². The van der Waals surface area contributed by atoms with Crippen LogP contribution in [0.3, 0.4) is 0 Å². The summed E-state index contributed by atoms with van der Waals surface area (Å²) in [5.41, 5.74) is 9.82. The maximum atomic E-state index is 13.5. The number of rotatable bonds is 8. The van der Waals surface area contributed by atoms with Gasteiger partial charge in [0.25, 0.3) is 5.91 Å². The van der Waals surface area contributed by atoms with Crippen molar-refractivity contribution in [2.45, 2.75) is 17.1 Å². The zero-order valence-corrected chi connectivity index (χ0v) is 21.7. The van der Waals surface area contributed by atoms with Crippen LogP contribution in [0.1, 0.15) is 26.7 Å². The van der Waals surface area contributed by atoms with E-state index in [-0.39, 0.29) is 11.5 Å². The zero-order valence-electron chi connectivity index (χ0n) is 20.1. The predicted octanol–water partition coefficient (Wildman–Crippen LogP) is 6.37. The van der Waals surface area contributed by atoms with Crippen LogP contribution in [0.5, 0.6) is 0 Å². The number of aryl methyl sites for hydroxylation is 1. The van der Waals surface area contributed by atoms with Gasteiger partial charge in [0.15, 0.2) is 5.11 Å². The zero-order chi connectivity index (χ0) is 26.2. The van der Waals surface area contributed by atoms with Gasteiger partial charge in [0.1, 0.15) is 5.25 Å². The first-order chi connectivity index (χ1) is 17.9. The van der Waals surface area contributed by atoms with Crippen LogP contribution in [-0.4, -0.2) is 16.9 Å². The van der Waals surface area contributed by atoms with Crippen LogP contribution >= 0.6 is 24.0 Å². The lowest BCUT2D eigenvalue weighted by atomic mass is 10.1. The molecule has 0 saturated heterocycles. The van der Waals surface area contributed by atoms with Crippen molar-refractivity contribution in [2.24, 2.45) is 5.73 Å². The molecule has 5 N–H and O–H groups in total. The molecule has 8 heteroatoms. The van der Waals surface area contributed by atoms with Crippen LogP contribution in [0.4, 0.5) is 17.1 Å². The van der Waals surface area contributed by atoms with Crippen molar-refractivity contribution in [3.8, 4) is 0 Å². The van der Waals surface area contributed by atoms with Gasteiger partial charge in [0, 0.05) is 16.3 Å². The van der Waals surface area contributed by atoms with Gasteiger partial charge < -0.3 is 21.7 Å². The molecule has 4 rings (SSSR count). The van der Waals surface area contributed by atoms with Crippen molar-refractivity contribution >= 4 is 58.0 Å². The number of hydrogen-bond acceptors (Lipinski definition) is 4. The minimum absolute atomic E-state index is 0.258. The van der Waals surface area contributed by atoms with Gasteiger partial charge in [-0.3, -0.25) is 9.59 Å². The Morgan fingerprint density at radius 3 is 2.19 bits per heavy atom. The van der Waals surface area contributed by atoms with Crippen LogP contribution in [0.2, 0.25) is 0 Å². The molecule has 0 aliphatic heterocycles. The molecular weight excluding hydrogens is 500 g/mol. The normalized spacial score (nSPS) is 11.3. The van der Waals surface area contributed by atoms with Crippen LogP contribution in [-0.2, 0) is 4.79 Å². The molecule has 0 heterocycles. The summed E-state index contributed by atoms with van der Waals surface area (Å²) in [6.45, 7) is 2.03. The SMILES string of the molecule is Cc1ccc(NC(=S)Nc2cccc(SC(C(=O)Nc3ccccc3C(N)=O)c3ccccc3)c2)cc1. The monoisotopic (exact) mass is 526 g/mol. The number of benzene rings is 4. The number of hydrogen-bond donors (Lipinski definition) is 4. The molecule has 0 fully saturated rings. The average Bonchev–Trinajstić information content (AvgIpc) is 2.89. The van der Waals surface area contributed by atoms with Crippen LogP contribution in [0.15, 0.2) is 108 Å². The van der Waals surface area contributed by atoms with Gasteiger partial charge in [0.05, 0.1) is 11.3 Å². The van der Waals surface area contributed by atoms with Gasteiger partial charge in [-0.1, -0.05) is 66.2 Å². The van der Waals surface area contributed by atoms with Gasteiger partial charge in [-0.15, -0.1) is 11.8 Å². The highest BCUT2D eigenvalue weighted by atomic mass is 32.2. The second kappa shape index (κ2) is 12.2. The molecule has 0 spiro atoms. The number of anilines is 3. The van der Waals surface area contributed by atoms with Crippen LogP contribution < -0.4 is 21.7 Å². The van der Waals surface area contributed by atoms with Crippen molar-refractivity contribution in [1.82, 2.24) is 0 Å². The van der Waals surface area contributed by atoms with Gasteiger partial charge in [-0.2, -0.15) is 0 Å². The maximum Gasteiger partial charge on any atom is 0.250 e. The fourth-order valence-electron chi connectivity index (χ4n) is 3.62. The molecule has 186 valence electrons. The van der Waals surface area contributed by atoms with Gasteiger partial charge >= 0.3 is 0 Å². The van der Waals surface area contributed by atoms with E-state index in [1.807, 2.05) is 85.8 Å². The third-order valence-electron chi connectivity index (χ3n) is 5.45. The van der Waals surface area contributed by atoms with Crippen LogP contribution in [0, 0.1) is 6.92 Å². The lowest BCUT2D eigenvalue weighted by Gasteiger charge is -2.19. The number of thioether (sulfide) groups is 1. The molecular formula is C29H26N4O2S2. The first kappa shape index (κ1) is 25.9. The largest absolute Gasteiger partial charge is 0.366 e. The molecule has 1 atom stereocenters. The average molecular weight is 527 g/mol. The van der Waals surface area contributed by atoms with Gasteiger partial charge in [-0.25, -0.2) is 0 Å². The van der Waals surface area contributed by atoms with Crippen molar-refractivity contribution < 1.29 is 9.59 Å². The Morgan fingerprint density at radius 1 is 0.784 bits per heavy atom. The lowest BCUT2D eigenvalue weighted by Crippen LogP contribution is -2.22. The predicted molar refractivity (Wildman–Crippen MR) is 156 cm³/mol. The molecule has 0 aromatic heterocycles. The first-order valence-electron chi connectivity index (χ1n) is 11.5. The fourth-order valence-corrected chi connectivity index (χ4v) is 4.94. The number of carbonyl (C=O) groups excluding carboxylic acids is 2. The van der Waals surface area contributed by atoms with E-state index < -0.39 is 11.2 Å². The molecule has 0 saturated carbocycles. The minimum atomic E-state index is -0.603. The van der Waals surface area contributed by atoms with Gasteiger partial charge in [0.2, 0.25) is 5.91 Å². The second-order valence-corrected chi connectivity index (χ2v) is 9.87. The van der Waals surface area contributed by atoms with Gasteiger partial charge in [-0.05, 0) is 67.2 Å².